The van der Waals surface area contributed by atoms with Crippen LogP contribution in [0.1, 0.15) is 29.8 Å². The van der Waals surface area contributed by atoms with Crippen molar-refractivity contribution in [2.45, 2.75) is 26.5 Å². The molecule has 8 heteroatoms. The van der Waals surface area contributed by atoms with Crippen molar-refractivity contribution in [3.05, 3.63) is 77.4 Å². The monoisotopic (exact) mass is 524 g/mol. The highest BCUT2D eigenvalue weighted by atomic mass is 127. The van der Waals surface area contributed by atoms with Crippen LogP contribution in [0.15, 0.2) is 64.2 Å². The van der Waals surface area contributed by atoms with Crippen LogP contribution in [-0.4, -0.2) is 29.1 Å². The molecule has 0 radical (unpaired) electrons. The van der Waals surface area contributed by atoms with Gasteiger partial charge in [0.15, 0.2) is 5.96 Å². The second-order valence-electron chi connectivity index (χ2n) is 6.62. The fourth-order valence-electron chi connectivity index (χ4n) is 2.76. The van der Waals surface area contributed by atoms with E-state index in [9.17, 15) is 9.50 Å². The number of rotatable bonds is 7. The number of aromatic nitrogens is 1. The molecule has 3 rings (SSSR count). The number of benzene rings is 2. The summed E-state index contributed by atoms with van der Waals surface area (Å²) in [5, 5.41) is 16.4. The van der Waals surface area contributed by atoms with Crippen molar-refractivity contribution in [3.8, 4) is 11.5 Å². The van der Waals surface area contributed by atoms with Crippen molar-refractivity contribution < 1.29 is 13.9 Å². The molecule has 0 aliphatic carbocycles. The number of aliphatic imine (C=N–C) groups is 1. The Kier molecular flexibility index (Phi) is 9.25. The number of nitrogens with zero attached hydrogens (tertiary/aromatic N) is 2. The number of nitrogens with one attached hydrogen (secondary N) is 2. The lowest BCUT2D eigenvalue weighted by molar-refractivity contribution is 0.176. The Morgan fingerprint density at radius 3 is 2.60 bits per heavy atom. The van der Waals surface area contributed by atoms with Crippen molar-refractivity contribution in [3.63, 3.8) is 0 Å². The first kappa shape index (κ1) is 23.8. The minimum absolute atomic E-state index is 0. The van der Waals surface area contributed by atoms with Crippen LogP contribution in [0.5, 0.6) is 0 Å². The molecule has 1 heterocycles. The van der Waals surface area contributed by atoms with Gasteiger partial charge in [0.2, 0.25) is 5.89 Å². The Morgan fingerprint density at radius 2 is 1.90 bits per heavy atom. The topological polar surface area (TPSA) is 82.7 Å². The zero-order valence-electron chi connectivity index (χ0n) is 16.9. The van der Waals surface area contributed by atoms with Crippen molar-refractivity contribution in [2.24, 2.45) is 4.99 Å². The van der Waals surface area contributed by atoms with E-state index in [2.05, 4.69) is 20.6 Å². The van der Waals surface area contributed by atoms with E-state index in [1.165, 1.54) is 11.6 Å². The second-order valence-corrected chi connectivity index (χ2v) is 6.62. The van der Waals surface area contributed by atoms with Crippen molar-refractivity contribution in [2.75, 3.05) is 13.1 Å². The molecule has 0 aliphatic rings. The van der Waals surface area contributed by atoms with Gasteiger partial charge in [0.25, 0.3) is 0 Å². The summed E-state index contributed by atoms with van der Waals surface area (Å²) in [4.78, 5) is 8.93. The standard InChI is InChI=1S/C22H25FN4O2.HI/c1-3-24-22(26-13-20(28)18-6-4-5-7-19(18)23)25-12-17-14-29-21(27-17)16-10-8-15(2)9-11-16;/h4-11,14,20,28H,3,12-13H2,1-2H3,(H2,24,25,26);1H. The van der Waals surface area contributed by atoms with E-state index in [-0.39, 0.29) is 36.1 Å². The van der Waals surface area contributed by atoms with E-state index in [1.807, 2.05) is 38.1 Å². The summed E-state index contributed by atoms with van der Waals surface area (Å²) in [6, 6.07) is 14.1. The van der Waals surface area contributed by atoms with Gasteiger partial charge in [0.05, 0.1) is 12.6 Å². The lowest BCUT2D eigenvalue weighted by atomic mass is 10.1. The van der Waals surface area contributed by atoms with Gasteiger partial charge in [-0.15, -0.1) is 24.0 Å². The third-order valence-electron chi connectivity index (χ3n) is 4.32. The number of hydrogen-bond acceptors (Lipinski definition) is 4. The number of aryl methyl sites for hydroxylation is 1. The highest BCUT2D eigenvalue weighted by molar-refractivity contribution is 14.0. The molecule has 3 N–H and O–H groups in total. The van der Waals surface area contributed by atoms with Gasteiger partial charge < -0.3 is 20.2 Å². The summed E-state index contributed by atoms with van der Waals surface area (Å²) < 4.78 is 19.3. The average molecular weight is 524 g/mol. The Morgan fingerprint density at radius 1 is 1.17 bits per heavy atom. The van der Waals surface area contributed by atoms with Gasteiger partial charge in [-0.25, -0.2) is 14.4 Å². The van der Waals surface area contributed by atoms with Gasteiger partial charge in [0, 0.05) is 24.2 Å². The number of aliphatic hydroxyl groups is 1. The average Bonchev–Trinajstić information content (AvgIpc) is 3.20. The number of halogens is 2. The first-order chi connectivity index (χ1) is 14.1. The zero-order valence-corrected chi connectivity index (χ0v) is 19.3. The minimum Gasteiger partial charge on any atom is -0.444 e. The quantitative estimate of drug-likeness (QED) is 0.245. The maximum Gasteiger partial charge on any atom is 0.226 e. The maximum absolute atomic E-state index is 13.8. The molecule has 1 aromatic heterocycles. The van der Waals surface area contributed by atoms with Crippen molar-refractivity contribution in [1.29, 1.82) is 0 Å². The zero-order chi connectivity index (χ0) is 20.6. The predicted octanol–water partition coefficient (Wildman–Crippen LogP) is 4.20. The number of hydrogen-bond donors (Lipinski definition) is 3. The molecule has 0 amide bonds. The lowest BCUT2D eigenvalue weighted by Crippen LogP contribution is -2.39. The molecule has 0 aliphatic heterocycles. The van der Waals surface area contributed by atoms with Gasteiger partial charge in [-0.2, -0.15) is 0 Å². The van der Waals surface area contributed by atoms with E-state index in [0.717, 1.165) is 5.56 Å². The summed E-state index contributed by atoms with van der Waals surface area (Å²) in [6.45, 7) is 5.05. The van der Waals surface area contributed by atoms with Crippen LogP contribution >= 0.6 is 24.0 Å². The molecule has 1 unspecified atom stereocenters. The molecule has 1 atom stereocenters. The summed E-state index contributed by atoms with van der Waals surface area (Å²) >= 11 is 0. The Bertz CT molecular complexity index is 960. The van der Waals surface area contributed by atoms with E-state index in [4.69, 9.17) is 4.42 Å². The van der Waals surface area contributed by atoms with Crippen LogP contribution in [0.4, 0.5) is 4.39 Å². The molecule has 30 heavy (non-hydrogen) atoms. The van der Waals surface area contributed by atoms with Gasteiger partial charge in [-0.05, 0) is 32.0 Å². The van der Waals surface area contributed by atoms with Crippen LogP contribution in [0.3, 0.4) is 0 Å². The summed E-state index contributed by atoms with van der Waals surface area (Å²) in [7, 11) is 0. The molecule has 6 nitrogen and oxygen atoms in total. The molecule has 0 saturated carbocycles. The van der Waals surface area contributed by atoms with E-state index in [1.54, 1.807) is 24.5 Å². The molecular weight excluding hydrogens is 498 g/mol. The molecular formula is C22H26FIN4O2. The maximum atomic E-state index is 13.8. The lowest BCUT2D eigenvalue weighted by Gasteiger charge is -2.15. The minimum atomic E-state index is -0.986. The highest BCUT2D eigenvalue weighted by Gasteiger charge is 2.13. The Hall–Kier alpha value is -2.46. The van der Waals surface area contributed by atoms with Gasteiger partial charge in [-0.3, -0.25) is 0 Å². The molecule has 0 saturated heterocycles. The van der Waals surface area contributed by atoms with E-state index < -0.39 is 11.9 Å². The SMILES string of the molecule is CCNC(=NCc1coc(-c2ccc(C)cc2)n1)NCC(O)c1ccccc1F.I. The van der Waals surface area contributed by atoms with Crippen LogP contribution in [-0.2, 0) is 6.54 Å². The first-order valence-electron chi connectivity index (χ1n) is 9.53. The largest absolute Gasteiger partial charge is 0.444 e. The van der Waals surface area contributed by atoms with Crippen LogP contribution in [0, 0.1) is 12.7 Å². The molecule has 0 fully saturated rings. The molecule has 0 spiro atoms. The third kappa shape index (κ3) is 6.53. The molecule has 0 bridgehead atoms. The predicted molar refractivity (Wildman–Crippen MR) is 126 cm³/mol. The van der Waals surface area contributed by atoms with Gasteiger partial charge in [0.1, 0.15) is 17.8 Å². The van der Waals surface area contributed by atoms with E-state index >= 15 is 0 Å². The van der Waals surface area contributed by atoms with Crippen LogP contribution < -0.4 is 10.6 Å². The van der Waals surface area contributed by atoms with Crippen LogP contribution in [0.25, 0.3) is 11.5 Å². The normalized spacial score (nSPS) is 12.2. The number of guanidine groups is 1. The fourth-order valence-corrected chi connectivity index (χ4v) is 2.76. The second kappa shape index (κ2) is 11.7. The van der Waals surface area contributed by atoms with E-state index in [0.29, 0.717) is 30.6 Å². The first-order valence-corrected chi connectivity index (χ1v) is 9.53. The van der Waals surface area contributed by atoms with Gasteiger partial charge >= 0.3 is 0 Å². The van der Waals surface area contributed by atoms with Crippen LogP contribution in [0.2, 0.25) is 0 Å². The van der Waals surface area contributed by atoms with Gasteiger partial charge in [-0.1, -0.05) is 35.9 Å². The number of aliphatic hydroxyl groups excluding tert-OH is 1. The molecule has 160 valence electrons. The van der Waals surface area contributed by atoms with Crippen molar-refractivity contribution in [1.82, 2.24) is 15.6 Å². The Labute approximate surface area is 192 Å². The molecule has 3 aromatic rings. The third-order valence-corrected chi connectivity index (χ3v) is 4.32. The Balaban J connectivity index is 0.00000320. The smallest absolute Gasteiger partial charge is 0.226 e. The fraction of sp³-hybridized carbons (Fsp3) is 0.273. The summed E-state index contributed by atoms with van der Waals surface area (Å²) in [5.74, 6) is 0.612. The van der Waals surface area contributed by atoms with Crippen molar-refractivity contribution >= 4 is 29.9 Å². The number of oxazole rings is 1. The summed E-state index contributed by atoms with van der Waals surface area (Å²) in [5.41, 5.74) is 3.01. The summed E-state index contributed by atoms with van der Waals surface area (Å²) in [6.07, 6.45) is 0.594. The highest BCUT2D eigenvalue weighted by Crippen LogP contribution is 2.19. The molecule has 2 aromatic carbocycles.